The second-order valence-corrected chi connectivity index (χ2v) is 5.57. The first-order valence-electron chi connectivity index (χ1n) is 7.95. The predicted octanol–water partition coefficient (Wildman–Crippen LogP) is 3.04. The second kappa shape index (κ2) is 9.08. The number of para-hydroxylation sites is 1. The predicted molar refractivity (Wildman–Crippen MR) is 93.3 cm³/mol. The van der Waals surface area contributed by atoms with Crippen LogP contribution in [0.4, 0.5) is 5.69 Å². The summed E-state index contributed by atoms with van der Waals surface area (Å²) < 4.78 is 0. The fourth-order valence-electron chi connectivity index (χ4n) is 2.49. The van der Waals surface area contributed by atoms with Crippen LogP contribution in [-0.4, -0.2) is 24.2 Å². The van der Waals surface area contributed by atoms with E-state index < -0.39 is 0 Å². The Morgan fingerprint density at radius 2 is 1.78 bits per heavy atom. The van der Waals surface area contributed by atoms with E-state index in [-0.39, 0.29) is 25.1 Å². The highest BCUT2D eigenvalue weighted by atomic mass is 16.2. The number of anilines is 1. The molecule has 2 aromatic carbocycles. The Balaban J connectivity index is 1.92. The number of aliphatic hydroxyl groups is 1. The molecule has 2 aromatic rings. The number of carbonyl (C=O) groups is 1. The molecule has 1 unspecified atom stereocenters. The van der Waals surface area contributed by atoms with E-state index in [0.29, 0.717) is 6.42 Å². The summed E-state index contributed by atoms with van der Waals surface area (Å²) in [6.45, 7) is 2.36. The Morgan fingerprint density at radius 1 is 1.09 bits per heavy atom. The Labute approximate surface area is 137 Å². The first kappa shape index (κ1) is 17.2. The molecule has 2 rings (SSSR count). The lowest BCUT2D eigenvalue weighted by Gasteiger charge is -2.19. The van der Waals surface area contributed by atoms with Crippen molar-refractivity contribution in [1.82, 2.24) is 5.32 Å². The van der Waals surface area contributed by atoms with Crippen molar-refractivity contribution in [1.29, 1.82) is 0 Å². The highest BCUT2D eigenvalue weighted by Gasteiger charge is 2.12. The number of aryl methyl sites for hydroxylation is 1. The van der Waals surface area contributed by atoms with Crippen LogP contribution in [0.3, 0.4) is 0 Å². The van der Waals surface area contributed by atoms with Crippen molar-refractivity contribution in [3.05, 3.63) is 65.7 Å². The zero-order valence-electron chi connectivity index (χ0n) is 13.5. The third kappa shape index (κ3) is 5.51. The molecule has 0 bridgehead atoms. The van der Waals surface area contributed by atoms with Crippen LogP contribution >= 0.6 is 0 Å². The van der Waals surface area contributed by atoms with Gasteiger partial charge >= 0.3 is 0 Å². The van der Waals surface area contributed by atoms with E-state index in [9.17, 15) is 4.79 Å². The fourth-order valence-corrected chi connectivity index (χ4v) is 2.49. The number of rotatable bonds is 8. The van der Waals surface area contributed by atoms with Gasteiger partial charge in [-0.3, -0.25) is 4.79 Å². The Morgan fingerprint density at radius 3 is 2.48 bits per heavy atom. The molecule has 1 atom stereocenters. The number of benzene rings is 2. The van der Waals surface area contributed by atoms with Crippen LogP contribution in [0.15, 0.2) is 54.6 Å². The maximum atomic E-state index is 12.2. The lowest BCUT2D eigenvalue weighted by atomic mass is 10.0. The number of nitrogens with one attached hydrogen (secondary N) is 2. The van der Waals surface area contributed by atoms with E-state index in [2.05, 4.69) is 10.6 Å². The van der Waals surface area contributed by atoms with Crippen molar-refractivity contribution in [2.75, 3.05) is 18.5 Å². The van der Waals surface area contributed by atoms with Crippen LogP contribution in [-0.2, 0) is 4.79 Å². The van der Waals surface area contributed by atoms with Gasteiger partial charge in [0.2, 0.25) is 5.91 Å². The largest absolute Gasteiger partial charge is 0.396 e. The summed E-state index contributed by atoms with van der Waals surface area (Å²) in [6.07, 6.45) is 1.49. The van der Waals surface area contributed by atoms with E-state index in [4.69, 9.17) is 5.11 Å². The van der Waals surface area contributed by atoms with E-state index in [0.717, 1.165) is 23.2 Å². The summed E-state index contributed by atoms with van der Waals surface area (Å²) in [5.74, 6) is -0.0655. The molecule has 3 N–H and O–H groups in total. The number of aliphatic hydroxyl groups excluding tert-OH is 1. The summed E-state index contributed by atoms with van der Waals surface area (Å²) in [5, 5.41) is 15.3. The van der Waals surface area contributed by atoms with Gasteiger partial charge in [0.15, 0.2) is 0 Å². The summed E-state index contributed by atoms with van der Waals surface area (Å²) in [5.41, 5.74) is 3.01. The third-order valence-corrected chi connectivity index (χ3v) is 3.78. The van der Waals surface area contributed by atoms with Gasteiger partial charge in [-0.15, -0.1) is 0 Å². The molecule has 0 aliphatic rings. The van der Waals surface area contributed by atoms with E-state index >= 15 is 0 Å². The smallest absolute Gasteiger partial charge is 0.238 e. The summed E-state index contributed by atoms with van der Waals surface area (Å²) in [7, 11) is 0. The molecule has 23 heavy (non-hydrogen) atoms. The van der Waals surface area contributed by atoms with Crippen LogP contribution in [0.2, 0.25) is 0 Å². The molecule has 4 nitrogen and oxygen atoms in total. The molecule has 1 amide bonds. The standard InChI is InChI=1S/C19H24N2O2/c1-15-8-5-6-11-17(15)21-19(23)14-20-18(12-7-13-22)16-9-3-2-4-10-16/h2-6,8-11,18,20,22H,7,12-14H2,1H3,(H,21,23). The zero-order chi connectivity index (χ0) is 16.5. The average Bonchev–Trinajstić information content (AvgIpc) is 2.58. The van der Waals surface area contributed by atoms with Crippen molar-refractivity contribution in [3.63, 3.8) is 0 Å². The summed E-state index contributed by atoms with van der Waals surface area (Å²) in [6, 6.07) is 17.8. The lowest BCUT2D eigenvalue weighted by Crippen LogP contribution is -2.31. The first-order valence-corrected chi connectivity index (χ1v) is 7.95. The molecule has 0 saturated carbocycles. The maximum absolute atomic E-state index is 12.2. The van der Waals surface area contributed by atoms with Crippen LogP contribution in [0.1, 0.15) is 30.0 Å². The van der Waals surface area contributed by atoms with Crippen molar-refractivity contribution >= 4 is 11.6 Å². The summed E-state index contributed by atoms with van der Waals surface area (Å²) >= 11 is 0. The third-order valence-electron chi connectivity index (χ3n) is 3.78. The molecule has 0 radical (unpaired) electrons. The van der Waals surface area contributed by atoms with Gasteiger partial charge in [-0.2, -0.15) is 0 Å². The lowest BCUT2D eigenvalue weighted by molar-refractivity contribution is -0.115. The zero-order valence-corrected chi connectivity index (χ0v) is 13.5. The molecule has 0 heterocycles. The van der Waals surface area contributed by atoms with E-state index in [1.54, 1.807) is 0 Å². The number of carbonyl (C=O) groups excluding carboxylic acids is 1. The van der Waals surface area contributed by atoms with E-state index in [1.807, 2.05) is 61.5 Å². The number of hydrogen-bond donors (Lipinski definition) is 3. The van der Waals surface area contributed by atoms with Crippen molar-refractivity contribution in [2.24, 2.45) is 0 Å². The van der Waals surface area contributed by atoms with Gasteiger partial charge in [0.05, 0.1) is 6.54 Å². The van der Waals surface area contributed by atoms with Crippen LogP contribution < -0.4 is 10.6 Å². The molecule has 0 spiro atoms. The highest BCUT2D eigenvalue weighted by molar-refractivity contribution is 5.92. The number of hydrogen-bond acceptors (Lipinski definition) is 3. The monoisotopic (exact) mass is 312 g/mol. The van der Waals surface area contributed by atoms with Gasteiger partial charge < -0.3 is 15.7 Å². The average molecular weight is 312 g/mol. The van der Waals surface area contributed by atoms with Gasteiger partial charge in [-0.05, 0) is 37.0 Å². The normalized spacial score (nSPS) is 11.9. The van der Waals surface area contributed by atoms with Crippen molar-refractivity contribution in [3.8, 4) is 0 Å². The number of amides is 1. The minimum absolute atomic E-state index is 0.0611. The minimum atomic E-state index is -0.0655. The SMILES string of the molecule is Cc1ccccc1NC(=O)CNC(CCCO)c1ccccc1. The molecule has 0 aliphatic carbocycles. The molecular weight excluding hydrogens is 288 g/mol. The van der Waals surface area contributed by atoms with Crippen molar-refractivity contribution in [2.45, 2.75) is 25.8 Å². The first-order chi connectivity index (χ1) is 11.2. The maximum Gasteiger partial charge on any atom is 0.238 e. The molecule has 0 saturated heterocycles. The molecule has 0 fully saturated rings. The molecular formula is C19H24N2O2. The second-order valence-electron chi connectivity index (χ2n) is 5.57. The van der Waals surface area contributed by atoms with E-state index in [1.165, 1.54) is 0 Å². The van der Waals surface area contributed by atoms with Gasteiger partial charge in [-0.1, -0.05) is 48.5 Å². The molecule has 4 heteroatoms. The molecule has 0 aromatic heterocycles. The van der Waals surface area contributed by atoms with Gasteiger partial charge in [0, 0.05) is 18.3 Å². The molecule has 0 aliphatic heterocycles. The Hall–Kier alpha value is -2.17. The topological polar surface area (TPSA) is 61.4 Å². The fraction of sp³-hybridized carbons (Fsp3) is 0.316. The van der Waals surface area contributed by atoms with Gasteiger partial charge in [-0.25, -0.2) is 0 Å². The van der Waals surface area contributed by atoms with Gasteiger partial charge in [0.25, 0.3) is 0 Å². The quantitative estimate of drug-likeness (QED) is 0.702. The van der Waals surface area contributed by atoms with Crippen LogP contribution in [0, 0.1) is 6.92 Å². The van der Waals surface area contributed by atoms with Gasteiger partial charge in [0.1, 0.15) is 0 Å². The summed E-state index contributed by atoms with van der Waals surface area (Å²) in [4.78, 5) is 12.2. The Kier molecular flexibility index (Phi) is 6.78. The van der Waals surface area contributed by atoms with Crippen LogP contribution in [0.5, 0.6) is 0 Å². The minimum Gasteiger partial charge on any atom is -0.396 e. The molecule has 122 valence electrons. The van der Waals surface area contributed by atoms with Crippen LogP contribution in [0.25, 0.3) is 0 Å². The highest BCUT2D eigenvalue weighted by Crippen LogP contribution is 2.18. The Bertz CT molecular complexity index is 614. The van der Waals surface area contributed by atoms with Crippen molar-refractivity contribution < 1.29 is 9.90 Å².